The van der Waals surface area contributed by atoms with E-state index in [-0.39, 0.29) is 12.0 Å². The third-order valence-corrected chi connectivity index (χ3v) is 3.73. The first-order valence-electron chi connectivity index (χ1n) is 7.12. The zero-order chi connectivity index (χ0) is 15.1. The molecule has 2 N–H and O–H groups in total. The molecule has 1 rings (SSSR count). The summed E-state index contributed by atoms with van der Waals surface area (Å²) in [5.74, 6) is 0.288. The monoisotopic (exact) mass is 279 g/mol. The minimum atomic E-state index is -0.777. The van der Waals surface area contributed by atoms with Crippen molar-refractivity contribution in [3.05, 3.63) is 29.8 Å². The second-order valence-electron chi connectivity index (χ2n) is 5.20. The Bertz CT molecular complexity index is 416. The molecule has 3 unspecified atom stereocenters. The number of carbonyl (C=O) groups is 1. The smallest absolute Gasteiger partial charge is 0.320 e. The Morgan fingerprint density at radius 2 is 1.90 bits per heavy atom. The molecule has 0 amide bonds. The summed E-state index contributed by atoms with van der Waals surface area (Å²) in [4.78, 5) is 11.2. The van der Waals surface area contributed by atoms with Gasteiger partial charge in [0.2, 0.25) is 0 Å². The van der Waals surface area contributed by atoms with Crippen LogP contribution < -0.4 is 10.1 Å². The highest BCUT2D eigenvalue weighted by Gasteiger charge is 2.22. The van der Waals surface area contributed by atoms with Gasteiger partial charge in [-0.15, -0.1) is 0 Å². The molecule has 0 fully saturated rings. The third kappa shape index (κ3) is 4.53. The lowest BCUT2D eigenvalue weighted by Crippen LogP contribution is -2.44. The Morgan fingerprint density at radius 1 is 1.30 bits per heavy atom. The van der Waals surface area contributed by atoms with Crippen LogP contribution in [0, 0.1) is 0 Å². The molecule has 0 heterocycles. The van der Waals surface area contributed by atoms with Crippen molar-refractivity contribution in [2.45, 2.75) is 51.6 Å². The molecular formula is C16H25NO3. The van der Waals surface area contributed by atoms with Gasteiger partial charge in [-0.3, -0.25) is 4.79 Å². The first kappa shape index (κ1) is 16.5. The van der Waals surface area contributed by atoms with E-state index in [0.717, 1.165) is 12.2 Å². The van der Waals surface area contributed by atoms with E-state index in [0.29, 0.717) is 6.42 Å². The quantitative estimate of drug-likeness (QED) is 0.768. The number of hydrogen-bond donors (Lipinski definition) is 2. The van der Waals surface area contributed by atoms with Gasteiger partial charge in [0, 0.05) is 6.04 Å². The van der Waals surface area contributed by atoms with Gasteiger partial charge in [0.15, 0.2) is 0 Å². The molecular weight excluding hydrogens is 254 g/mol. The van der Waals surface area contributed by atoms with Gasteiger partial charge in [-0.1, -0.05) is 32.4 Å². The van der Waals surface area contributed by atoms with E-state index in [2.05, 4.69) is 12.2 Å². The van der Waals surface area contributed by atoms with Crippen molar-refractivity contribution < 1.29 is 14.6 Å². The lowest BCUT2D eigenvalue weighted by atomic mass is 9.93. The number of hydrogen-bond acceptors (Lipinski definition) is 3. The van der Waals surface area contributed by atoms with Crippen LogP contribution in [0.5, 0.6) is 5.75 Å². The van der Waals surface area contributed by atoms with E-state index in [1.54, 1.807) is 7.11 Å². The number of carboxylic acids is 1. The van der Waals surface area contributed by atoms with Crippen LogP contribution in [0.3, 0.4) is 0 Å². The minimum absolute atomic E-state index is 0.0936. The van der Waals surface area contributed by atoms with Gasteiger partial charge >= 0.3 is 5.97 Å². The largest absolute Gasteiger partial charge is 0.497 e. The zero-order valence-corrected chi connectivity index (χ0v) is 12.7. The predicted molar refractivity (Wildman–Crippen MR) is 80.3 cm³/mol. The Kier molecular flexibility index (Phi) is 6.52. The van der Waals surface area contributed by atoms with Crippen LogP contribution in [0.25, 0.3) is 0 Å². The van der Waals surface area contributed by atoms with Crippen LogP contribution in [-0.2, 0) is 4.79 Å². The summed E-state index contributed by atoms with van der Waals surface area (Å²) < 4.78 is 5.14. The Balaban J connectivity index is 2.69. The second-order valence-corrected chi connectivity index (χ2v) is 5.20. The number of benzene rings is 1. The molecule has 1 aromatic carbocycles. The number of rotatable bonds is 8. The van der Waals surface area contributed by atoms with Crippen molar-refractivity contribution in [2.75, 3.05) is 7.11 Å². The van der Waals surface area contributed by atoms with Crippen LogP contribution in [0.2, 0.25) is 0 Å². The van der Waals surface area contributed by atoms with Crippen molar-refractivity contribution >= 4 is 5.97 Å². The molecule has 0 spiro atoms. The molecule has 0 aromatic heterocycles. The van der Waals surface area contributed by atoms with Gasteiger partial charge in [-0.2, -0.15) is 0 Å². The summed E-state index contributed by atoms with van der Waals surface area (Å²) in [6.07, 6.45) is 1.50. The second kappa shape index (κ2) is 7.90. The number of ether oxygens (including phenoxy) is 1. The molecule has 4 nitrogen and oxygen atoms in total. The Morgan fingerprint density at radius 3 is 2.35 bits per heavy atom. The Hall–Kier alpha value is -1.55. The topological polar surface area (TPSA) is 58.6 Å². The van der Waals surface area contributed by atoms with Crippen LogP contribution >= 0.6 is 0 Å². The summed E-state index contributed by atoms with van der Waals surface area (Å²) in [7, 11) is 1.64. The molecule has 0 saturated heterocycles. The fourth-order valence-electron chi connectivity index (χ4n) is 2.22. The van der Waals surface area contributed by atoms with Crippen molar-refractivity contribution in [3.63, 3.8) is 0 Å². The van der Waals surface area contributed by atoms with Crippen molar-refractivity contribution in [3.8, 4) is 5.75 Å². The molecule has 0 aliphatic rings. The highest BCUT2D eigenvalue weighted by atomic mass is 16.5. The van der Waals surface area contributed by atoms with Crippen molar-refractivity contribution in [2.24, 2.45) is 0 Å². The lowest BCUT2D eigenvalue weighted by Gasteiger charge is -2.25. The van der Waals surface area contributed by atoms with Gasteiger partial charge in [0.1, 0.15) is 11.8 Å². The van der Waals surface area contributed by atoms with Crippen LogP contribution in [0.1, 0.15) is 45.1 Å². The number of methoxy groups -OCH3 is 1. The third-order valence-electron chi connectivity index (χ3n) is 3.73. The number of carboxylic acid groups (broad SMARTS) is 1. The fourth-order valence-corrected chi connectivity index (χ4v) is 2.22. The average Bonchev–Trinajstić information content (AvgIpc) is 2.45. The van der Waals surface area contributed by atoms with Crippen molar-refractivity contribution in [1.82, 2.24) is 5.32 Å². The van der Waals surface area contributed by atoms with Crippen LogP contribution in [0.4, 0.5) is 0 Å². The average molecular weight is 279 g/mol. The molecule has 0 aliphatic carbocycles. The van der Waals surface area contributed by atoms with Gasteiger partial charge in [0.05, 0.1) is 7.11 Å². The van der Waals surface area contributed by atoms with Gasteiger partial charge in [-0.05, 0) is 37.0 Å². The molecule has 0 radical (unpaired) electrons. The molecule has 0 aliphatic heterocycles. The summed E-state index contributed by atoms with van der Waals surface area (Å²) in [6.45, 7) is 6.13. The standard InChI is InChI=1S/C16H25NO3/c1-5-6-15(16(18)19)17-12(3)11(2)13-7-9-14(20-4)10-8-13/h7-12,15,17H,5-6H2,1-4H3,(H,18,19). The SMILES string of the molecule is CCCC(NC(C)C(C)c1ccc(OC)cc1)C(=O)O. The van der Waals surface area contributed by atoms with Gasteiger partial charge < -0.3 is 15.2 Å². The minimum Gasteiger partial charge on any atom is -0.497 e. The maximum absolute atomic E-state index is 11.2. The van der Waals surface area contributed by atoms with E-state index in [1.807, 2.05) is 38.1 Å². The van der Waals surface area contributed by atoms with Crippen molar-refractivity contribution in [1.29, 1.82) is 0 Å². The van der Waals surface area contributed by atoms with E-state index in [4.69, 9.17) is 4.74 Å². The van der Waals surface area contributed by atoms with E-state index in [1.165, 1.54) is 5.56 Å². The molecule has 112 valence electrons. The normalized spacial score (nSPS) is 15.4. The van der Waals surface area contributed by atoms with Crippen LogP contribution in [-0.4, -0.2) is 30.3 Å². The van der Waals surface area contributed by atoms with E-state index < -0.39 is 12.0 Å². The first-order valence-corrected chi connectivity index (χ1v) is 7.12. The van der Waals surface area contributed by atoms with Gasteiger partial charge in [0.25, 0.3) is 0 Å². The molecule has 0 saturated carbocycles. The first-order chi connectivity index (χ1) is 9.49. The molecule has 0 bridgehead atoms. The van der Waals surface area contributed by atoms with Gasteiger partial charge in [-0.25, -0.2) is 0 Å². The summed E-state index contributed by atoms with van der Waals surface area (Å²) >= 11 is 0. The molecule has 4 heteroatoms. The molecule has 1 aromatic rings. The maximum Gasteiger partial charge on any atom is 0.320 e. The highest BCUT2D eigenvalue weighted by molar-refractivity contribution is 5.73. The summed E-state index contributed by atoms with van der Waals surface area (Å²) in [6, 6.07) is 7.53. The Labute approximate surface area is 121 Å². The molecule has 20 heavy (non-hydrogen) atoms. The van der Waals surface area contributed by atoms with Crippen LogP contribution in [0.15, 0.2) is 24.3 Å². The summed E-state index contributed by atoms with van der Waals surface area (Å²) in [5.41, 5.74) is 1.17. The predicted octanol–water partition coefficient (Wildman–Crippen LogP) is 3.03. The lowest BCUT2D eigenvalue weighted by molar-refractivity contribution is -0.139. The zero-order valence-electron chi connectivity index (χ0n) is 12.7. The fraction of sp³-hybridized carbons (Fsp3) is 0.562. The van der Waals surface area contributed by atoms with E-state index in [9.17, 15) is 9.90 Å². The number of aliphatic carboxylic acids is 1. The molecule has 3 atom stereocenters. The summed E-state index contributed by atoms with van der Waals surface area (Å²) in [5, 5.41) is 12.4. The van der Waals surface area contributed by atoms with E-state index >= 15 is 0 Å². The highest BCUT2D eigenvalue weighted by Crippen LogP contribution is 2.22. The maximum atomic E-state index is 11.2. The number of nitrogens with one attached hydrogen (secondary N) is 1.